The van der Waals surface area contributed by atoms with Crippen LogP contribution in [0, 0.1) is 0 Å². The molecule has 2 aliphatic rings. The average Bonchev–Trinajstić information content (AvgIpc) is 2.61. The Morgan fingerprint density at radius 1 is 1.00 bits per heavy atom. The van der Waals surface area contributed by atoms with Gasteiger partial charge in [-0.05, 0) is 38.1 Å². The fourth-order valence-electron chi connectivity index (χ4n) is 3.18. The number of hydrogen-bond acceptors (Lipinski definition) is 6. The second-order valence-corrected chi connectivity index (χ2v) is 8.89. The predicted octanol–water partition coefficient (Wildman–Crippen LogP) is 2.67. The zero-order valence-corrected chi connectivity index (χ0v) is 16.5. The van der Waals surface area contributed by atoms with Gasteiger partial charge in [0.2, 0.25) is 10.0 Å². The number of rotatable bonds is 3. The molecule has 0 aromatic heterocycles. The Morgan fingerprint density at radius 3 is 2.43 bits per heavy atom. The van der Waals surface area contributed by atoms with Gasteiger partial charge < -0.3 is 14.2 Å². The largest absolute Gasteiger partial charge is 0.486 e. The third-order valence-electron chi connectivity index (χ3n) is 4.37. The van der Waals surface area contributed by atoms with Crippen molar-refractivity contribution in [1.29, 1.82) is 0 Å². The van der Waals surface area contributed by atoms with Crippen molar-refractivity contribution in [2.75, 3.05) is 29.1 Å². The molecular formula is C19H20N2O6S. The van der Waals surface area contributed by atoms with Gasteiger partial charge in [-0.25, -0.2) is 8.42 Å². The molecule has 0 spiro atoms. The molecular weight excluding hydrogens is 384 g/mol. The number of hydrogen-bond donors (Lipinski definition) is 1. The smallest absolute Gasteiger partial charge is 0.275 e. The lowest BCUT2D eigenvalue weighted by atomic mass is 10.0. The summed E-state index contributed by atoms with van der Waals surface area (Å²) in [7, 11) is -3.44. The molecule has 2 aromatic rings. The second-order valence-electron chi connectivity index (χ2n) is 7.14. The SMILES string of the molecule is CC1(C)Oc2cc(NS(C)(=O)=O)ccc2N(c2ccc3c(c2)OCCO3)C1=O. The summed E-state index contributed by atoms with van der Waals surface area (Å²) in [4.78, 5) is 14.7. The number of carbonyl (C=O) groups is 1. The van der Waals surface area contributed by atoms with Crippen LogP contribution in [-0.2, 0) is 14.8 Å². The van der Waals surface area contributed by atoms with E-state index in [1.807, 2.05) is 0 Å². The molecule has 0 unspecified atom stereocenters. The lowest BCUT2D eigenvalue weighted by molar-refractivity contribution is -0.131. The summed E-state index contributed by atoms with van der Waals surface area (Å²) in [5, 5.41) is 0. The molecule has 28 heavy (non-hydrogen) atoms. The summed E-state index contributed by atoms with van der Waals surface area (Å²) in [5.41, 5.74) is 0.341. The molecule has 0 aliphatic carbocycles. The first-order chi connectivity index (χ1) is 13.1. The molecule has 2 aromatic carbocycles. The molecule has 2 aliphatic heterocycles. The number of amides is 1. The van der Waals surface area contributed by atoms with E-state index in [4.69, 9.17) is 14.2 Å². The Kier molecular flexibility index (Phi) is 4.15. The van der Waals surface area contributed by atoms with Crippen LogP contribution in [0.15, 0.2) is 36.4 Å². The standard InChI is InChI=1S/C19H20N2O6S/c1-19(2)18(22)21(13-5-7-15-17(11-13)26-9-8-25-15)14-6-4-12(10-16(14)27-19)20-28(3,23)24/h4-7,10-11,20H,8-9H2,1-3H3. The van der Waals surface area contributed by atoms with Gasteiger partial charge in [0.15, 0.2) is 17.1 Å². The zero-order valence-electron chi connectivity index (χ0n) is 15.7. The third-order valence-corrected chi connectivity index (χ3v) is 4.98. The Labute approximate surface area is 163 Å². The van der Waals surface area contributed by atoms with Crippen LogP contribution in [0.3, 0.4) is 0 Å². The fraction of sp³-hybridized carbons (Fsp3) is 0.316. The molecule has 0 saturated heterocycles. The second kappa shape index (κ2) is 6.30. The molecule has 0 bridgehead atoms. The van der Waals surface area contributed by atoms with Gasteiger partial charge in [0.05, 0.1) is 23.3 Å². The quantitative estimate of drug-likeness (QED) is 0.845. The lowest BCUT2D eigenvalue weighted by Gasteiger charge is -2.39. The number of anilines is 3. The van der Waals surface area contributed by atoms with Crippen molar-refractivity contribution in [1.82, 2.24) is 0 Å². The van der Waals surface area contributed by atoms with Crippen LogP contribution < -0.4 is 23.8 Å². The van der Waals surface area contributed by atoms with Gasteiger partial charge in [0, 0.05) is 12.1 Å². The maximum Gasteiger partial charge on any atom is 0.275 e. The minimum absolute atomic E-state index is 0.250. The molecule has 0 atom stereocenters. The van der Waals surface area contributed by atoms with E-state index in [2.05, 4.69) is 4.72 Å². The number of fused-ring (bicyclic) bond motifs is 2. The summed E-state index contributed by atoms with van der Waals surface area (Å²) >= 11 is 0. The first-order valence-electron chi connectivity index (χ1n) is 8.69. The van der Waals surface area contributed by atoms with Crippen molar-refractivity contribution in [3.63, 3.8) is 0 Å². The van der Waals surface area contributed by atoms with Gasteiger partial charge in [0.1, 0.15) is 19.0 Å². The van der Waals surface area contributed by atoms with Crippen molar-refractivity contribution >= 4 is 33.0 Å². The minimum Gasteiger partial charge on any atom is -0.486 e. The molecule has 0 radical (unpaired) electrons. The molecule has 4 rings (SSSR count). The fourth-order valence-corrected chi connectivity index (χ4v) is 3.74. The van der Waals surface area contributed by atoms with Crippen LogP contribution in [0.25, 0.3) is 0 Å². The molecule has 2 heterocycles. The first-order valence-corrected chi connectivity index (χ1v) is 10.6. The summed E-state index contributed by atoms with van der Waals surface area (Å²) in [6.07, 6.45) is 1.07. The predicted molar refractivity (Wildman–Crippen MR) is 104 cm³/mol. The third kappa shape index (κ3) is 3.33. The maximum atomic E-state index is 13.1. The van der Waals surface area contributed by atoms with Crippen molar-refractivity contribution in [2.24, 2.45) is 0 Å². The van der Waals surface area contributed by atoms with Gasteiger partial charge in [-0.15, -0.1) is 0 Å². The molecule has 148 valence electrons. The van der Waals surface area contributed by atoms with Gasteiger partial charge in [-0.2, -0.15) is 0 Å². The van der Waals surface area contributed by atoms with E-state index >= 15 is 0 Å². The van der Waals surface area contributed by atoms with Crippen molar-refractivity contribution in [3.8, 4) is 17.2 Å². The lowest BCUT2D eigenvalue weighted by Crippen LogP contribution is -2.50. The zero-order chi connectivity index (χ0) is 20.1. The molecule has 9 heteroatoms. The van der Waals surface area contributed by atoms with E-state index in [9.17, 15) is 13.2 Å². The van der Waals surface area contributed by atoms with Crippen molar-refractivity contribution in [3.05, 3.63) is 36.4 Å². The summed E-state index contributed by atoms with van der Waals surface area (Å²) in [6.45, 7) is 4.25. The highest BCUT2D eigenvalue weighted by Gasteiger charge is 2.42. The van der Waals surface area contributed by atoms with Crippen LogP contribution >= 0.6 is 0 Å². The van der Waals surface area contributed by atoms with Gasteiger partial charge in [-0.1, -0.05) is 0 Å². The van der Waals surface area contributed by atoms with Crippen LogP contribution in [0.4, 0.5) is 17.1 Å². The van der Waals surface area contributed by atoms with E-state index in [1.165, 1.54) is 0 Å². The molecule has 1 N–H and O–H groups in total. The Bertz CT molecular complexity index is 1060. The highest BCUT2D eigenvalue weighted by molar-refractivity contribution is 7.92. The number of benzene rings is 2. The Morgan fingerprint density at radius 2 is 1.71 bits per heavy atom. The van der Waals surface area contributed by atoms with Gasteiger partial charge >= 0.3 is 0 Å². The average molecular weight is 404 g/mol. The maximum absolute atomic E-state index is 13.1. The van der Waals surface area contributed by atoms with Crippen LogP contribution in [0.2, 0.25) is 0 Å². The van der Waals surface area contributed by atoms with E-state index in [1.54, 1.807) is 55.1 Å². The number of nitrogens with one attached hydrogen (secondary N) is 1. The summed E-state index contributed by atoms with van der Waals surface area (Å²) in [5.74, 6) is 1.34. The molecule has 8 nitrogen and oxygen atoms in total. The number of carbonyl (C=O) groups excluding carboxylic acids is 1. The summed E-state index contributed by atoms with van der Waals surface area (Å²) < 4.78 is 42.5. The molecule has 1 amide bonds. The highest BCUT2D eigenvalue weighted by atomic mass is 32.2. The normalized spacial score (nSPS) is 17.5. The monoisotopic (exact) mass is 404 g/mol. The van der Waals surface area contributed by atoms with Crippen molar-refractivity contribution < 1.29 is 27.4 Å². The Hall–Kier alpha value is -2.94. The topological polar surface area (TPSA) is 94.2 Å². The van der Waals surface area contributed by atoms with E-state index in [0.29, 0.717) is 47.5 Å². The van der Waals surface area contributed by atoms with Gasteiger partial charge in [-0.3, -0.25) is 14.4 Å². The first kappa shape index (κ1) is 18.4. The van der Waals surface area contributed by atoms with Crippen LogP contribution in [0.5, 0.6) is 17.2 Å². The van der Waals surface area contributed by atoms with Crippen molar-refractivity contribution in [2.45, 2.75) is 19.4 Å². The van der Waals surface area contributed by atoms with E-state index in [0.717, 1.165) is 6.26 Å². The Balaban J connectivity index is 1.80. The molecule has 0 fully saturated rings. The number of ether oxygens (including phenoxy) is 3. The highest BCUT2D eigenvalue weighted by Crippen LogP contribution is 2.45. The van der Waals surface area contributed by atoms with E-state index < -0.39 is 15.6 Å². The molecule has 0 saturated carbocycles. The van der Waals surface area contributed by atoms with Crippen LogP contribution in [-0.4, -0.2) is 39.4 Å². The number of nitrogens with zero attached hydrogens (tertiary/aromatic N) is 1. The van der Waals surface area contributed by atoms with Gasteiger partial charge in [0.25, 0.3) is 5.91 Å². The number of sulfonamides is 1. The van der Waals surface area contributed by atoms with Crippen LogP contribution in [0.1, 0.15) is 13.8 Å². The minimum atomic E-state index is -3.44. The summed E-state index contributed by atoms with van der Waals surface area (Å²) in [6, 6.07) is 10.1. The van der Waals surface area contributed by atoms with E-state index in [-0.39, 0.29) is 5.91 Å².